The van der Waals surface area contributed by atoms with Crippen molar-refractivity contribution >= 4 is 17.4 Å². The Labute approximate surface area is 165 Å². The standard InChI is InChI=1S/C18H15F6N5O/c1-9-14(10(2)29-16(27-9)25-8-26-29)3-4-15(30)28-13-6-11(17(19,20)21)5-12(7-13)18(22,23)24/h5-8H,3-4H2,1-2H3,(H,28,30). The van der Waals surface area contributed by atoms with Gasteiger partial charge in [-0.2, -0.15) is 36.4 Å². The van der Waals surface area contributed by atoms with Gasteiger partial charge >= 0.3 is 12.4 Å². The first-order valence-corrected chi connectivity index (χ1v) is 8.61. The molecule has 0 spiro atoms. The number of hydrogen-bond donors (Lipinski definition) is 1. The molecule has 0 saturated carbocycles. The third-order valence-electron chi connectivity index (χ3n) is 4.46. The molecule has 1 aromatic carbocycles. The molecule has 160 valence electrons. The zero-order valence-corrected chi connectivity index (χ0v) is 15.7. The quantitative estimate of drug-likeness (QED) is 0.624. The van der Waals surface area contributed by atoms with Gasteiger partial charge in [0.2, 0.25) is 5.91 Å². The number of aryl methyl sites for hydroxylation is 2. The predicted molar refractivity (Wildman–Crippen MR) is 93.7 cm³/mol. The maximum atomic E-state index is 12.9. The van der Waals surface area contributed by atoms with Gasteiger partial charge in [-0.05, 0) is 44.0 Å². The highest BCUT2D eigenvalue weighted by molar-refractivity contribution is 5.91. The Kier molecular flexibility index (Phi) is 5.44. The van der Waals surface area contributed by atoms with Crippen molar-refractivity contribution in [3.8, 4) is 0 Å². The summed E-state index contributed by atoms with van der Waals surface area (Å²) in [6.45, 7) is 3.45. The van der Waals surface area contributed by atoms with E-state index in [4.69, 9.17) is 0 Å². The van der Waals surface area contributed by atoms with E-state index < -0.39 is 35.1 Å². The van der Waals surface area contributed by atoms with Crippen LogP contribution in [0.25, 0.3) is 5.78 Å². The molecular weight excluding hydrogens is 416 g/mol. The minimum Gasteiger partial charge on any atom is -0.326 e. The number of rotatable bonds is 4. The molecule has 0 fully saturated rings. The molecule has 2 heterocycles. The van der Waals surface area contributed by atoms with E-state index >= 15 is 0 Å². The molecule has 0 aliphatic heterocycles. The second-order valence-corrected chi connectivity index (χ2v) is 6.58. The Morgan fingerprint density at radius 1 is 1.03 bits per heavy atom. The summed E-state index contributed by atoms with van der Waals surface area (Å²) in [5.74, 6) is -0.359. The molecule has 0 bridgehead atoms. The number of anilines is 1. The molecule has 0 saturated heterocycles. The van der Waals surface area contributed by atoms with Gasteiger partial charge in [0.05, 0.1) is 11.1 Å². The Hall–Kier alpha value is -3.18. The molecular formula is C18H15F6N5O. The molecule has 0 aliphatic carbocycles. The van der Waals surface area contributed by atoms with Crippen LogP contribution in [0.5, 0.6) is 0 Å². The third kappa shape index (κ3) is 4.52. The Morgan fingerprint density at radius 2 is 1.63 bits per heavy atom. The highest BCUT2D eigenvalue weighted by atomic mass is 19.4. The van der Waals surface area contributed by atoms with Gasteiger partial charge in [-0.1, -0.05) is 0 Å². The topological polar surface area (TPSA) is 72.2 Å². The lowest BCUT2D eigenvalue weighted by Crippen LogP contribution is -2.17. The normalized spacial score (nSPS) is 12.4. The lowest BCUT2D eigenvalue weighted by molar-refractivity contribution is -0.143. The molecule has 1 amide bonds. The molecule has 6 nitrogen and oxygen atoms in total. The summed E-state index contributed by atoms with van der Waals surface area (Å²) in [6, 6.07) is 0.931. The number of benzene rings is 1. The average Bonchev–Trinajstić information content (AvgIpc) is 3.08. The summed E-state index contributed by atoms with van der Waals surface area (Å²) in [5, 5.41) is 6.12. The fourth-order valence-corrected chi connectivity index (χ4v) is 3.01. The number of carbonyl (C=O) groups excluding carboxylic acids is 1. The van der Waals surface area contributed by atoms with Crippen molar-refractivity contribution in [3.63, 3.8) is 0 Å². The number of aromatic nitrogens is 4. The van der Waals surface area contributed by atoms with Crippen LogP contribution in [0, 0.1) is 13.8 Å². The van der Waals surface area contributed by atoms with Gasteiger partial charge in [0.15, 0.2) is 0 Å². The fraction of sp³-hybridized carbons (Fsp3) is 0.333. The summed E-state index contributed by atoms with van der Waals surface area (Å²) < 4.78 is 79.1. The monoisotopic (exact) mass is 431 g/mol. The number of alkyl halides is 6. The number of hydrogen-bond acceptors (Lipinski definition) is 4. The molecule has 0 atom stereocenters. The first-order chi connectivity index (χ1) is 13.9. The third-order valence-corrected chi connectivity index (χ3v) is 4.46. The summed E-state index contributed by atoms with van der Waals surface area (Å²) in [6.07, 6.45) is -8.68. The van der Waals surface area contributed by atoms with Gasteiger partial charge in [0, 0.05) is 23.5 Å². The molecule has 0 unspecified atom stereocenters. The highest BCUT2D eigenvalue weighted by Gasteiger charge is 2.37. The van der Waals surface area contributed by atoms with Gasteiger partial charge in [-0.15, -0.1) is 0 Å². The van der Waals surface area contributed by atoms with Gasteiger partial charge in [-0.25, -0.2) is 9.50 Å². The van der Waals surface area contributed by atoms with E-state index in [0.29, 0.717) is 34.9 Å². The van der Waals surface area contributed by atoms with E-state index in [0.717, 1.165) is 0 Å². The van der Waals surface area contributed by atoms with Gasteiger partial charge in [0.25, 0.3) is 5.78 Å². The van der Waals surface area contributed by atoms with E-state index in [2.05, 4.69) is 20.4 Å². The number of amides is 1. The minimum atomic E-state index is -4.99. The molecule has 0 aliphatic rings. The molecule has 12 heteroatoms. The summed E-state index contributed by atoms with van der Waals surface area (Å²) >= 11 is 0. The van der Waals surface area contributed by atoms with Gasteiger partial charge in [0.1, 0.15) is 6.33 Å². The van der Waals surface area contributed by atoms with Crippen molar-refractivity contribution in [2.75, 3.05) is 5.32 Å². The SMILES string of the molecule is Cc1nc2ncnn2c(C)c1CCC(=O)Nc1cc(C(F)(F)F)cc(C(F)(F)F)c1. The van der Waals surface area contributed by atoms with Crippen molar-refractivity contribution in [2.45, 2.75) is 39.0 Å². The van der Waals surface area contributed by atoms with Crippen LogP contribution in [-0.2, 0) is 23.6 Å². The second-order valence-electron chi connectivity index (χ2n) is 6.58. The van der Waals surface area contributed by atoms with Crippen molar-refractivity contribution in [1.82, 2.24) is 19.6 Å². The molecule has 2 aromatic heterocycles. The zero-order valence-electron chi connectivity index (χ0n) is 15.7. The van der Waals surface area contributed by atoms with Crippen LogP contribution in [0.4, 0.5) is 32.0 Å². The van der Waals surface area contributed by atoms with Crippen molar-refractivity contribution in [3.05, 3.63) is 52.6 Å². The van der Waals surface area contributed by atoms with Crippen molar-refractivity contribution in [1.29, 1.82) is 0 Å². The number of halogens is 6. The number of nitrogens with one attached hydrogen (secondary N) is 1. The van der Waals surface area contributed by atoms with Gasteiger partial charge in [-0.3, -0.25) is 4.79 Å². The van der Waals surface area contributed by atoms with Crippen LogP contribution in [0.1, 0.15) is 34.5 Å². The molecule has 0 radical (unpaired) electrons. The van der Waals surface area contributed by atoms with Crippen LogP contribution in [0.15, 0.2) is 24.5 Å². The van der Waals surface area contributed by atoms with Crippen LogP contribution >= 0.6 is 0 Å². The van der Waals surface area contributed by atoms with E-state index in [9.17, 15) is 31.1 Å². The summed E-state index contributed by atoms with van der Waals surface area (Å²) in [5.41, 5.74) is -1.62. The van der Waals surface area contributed by atoms with Crippen LogP contribution in [0.2, 0.25) is 0 Å². The maximum absolute atomic E-state index is 12.9. The molecule has 1 N–H and O–H groups in total. The van der Waals surface area contributed by atoms with E-state index in [1.807, 2.05) is 0 Å². The van der Waals surface area contributed by atoms with Gasteiger partial charge < -0.3 is 5.32 Å². The number of carbonyl (C=O) groups is 1. The highest BCUT2D eigenvalue weighted by Crippen LogP contribution is 2.37. The first kappa shape index (κ1) is 21.5. The van der Waals surface area contributed by atoms with Crippen molar-refractivity contribution < 1.29 is 31.1 Å². The van der Waals surface area contributed by atoms with E-state index in [-0.39, 0.29) is 18.9 Å². The van der Waals surface area contributed by atoms with E-state index in [1.54, 1.807) is 13.8 Å². The fourth-order valence-electron chi connectivity index (χ4n) is 3.01. The Morgan fingerprint density at radius 3 is 2.20 bits per heavy atom. The summed E-state index contributed by atoms with van der Waals surface area (Å²) in [7, 11) is 0. The van der Waals surface area contributed by atoms with Crippen LogP contribution in [-0.4, -0.2) is 25.5 Å². The van der Waals surface area contributed by atoms with Crippen LogP contribution in [0.3, 0.4) is 0 Å². The average molecular weight is 431 g/mol. The minimum absolute atomic E-state index is 0.00137. The first-order valence-electron chi connectivity index (χ1n) is 8.61. The van der Waals surface area contributed by atoms with Crippen molar-refractivity contribution in [2.24, 2.45) is 0 Å². The maximum Gasteiger partial charge on any atom is 0.416 e. The molecule has 3 aromatic rings. The van der Waals surface area contributed by atoms with E-state index in [1.165, 1.54) is 10.8 Å². The Balaban J connectivity index is 1.80. The lowest BCUT2D eigenvalue weighted by Gasteiger charge is -2.15. The Bertz CT molecular complexity index is 1070. The second kappa shape index (κ2) is 7.58. The summed E-state index contributed by atoms with van der Waals surface area (Å²) in [4.78, 5) is 20.4. The predicted octanol–water partition coefficient (Wildman–Crippen LogP) is 4.35. The lowest BCUT2D eigenvalue weighted by atomic mass is 10.1. The number of fused-ring (bicyclic) bond motifs is 1. The zero-order chi connectivity index (χ0) is 22.3. The smallest absolute Gasteiger partial charge is 0.326 e. The number of nitrogens with zero attached hydrogens (tertiary/aromatic N) is 4. The molecule has 3 rings (SSSR count). The van der Waals surface area contributed by atoms with Crippen LogP contribution < -0.4 is 5.32 Å². The largest absolute Gasteiger partial charge is 0.416 e. The molecule has 30 heavy (non-hydrogen) atoms.